The van der Waals surface area contributed by atoms with E-state index in [0.29, 0.717) is 5.25 Å². The predicted molar refractivity (Wildman–Crippen MR) is 56.8 cm³/mol. The van der Waals surface area contributed by atoms with Gasteiger partial charge in [-0.1, -0.05) is 6.92 Å². The van der Waals surface area contributed by atoms with Gasteiger partial charge in [-0.15, -0.1) is 0 Å². The van der Waals surface area contributed by atoms with E-state index in [9.17, 15) is 5.11 Å². The Bertz CT molecular complexity index is 112. The molecule has 0 amide bonds. The van der Waals surface area contributed by atoms with Crippen LogP contribution in [0.15, 0.2) is 0 Å². The molecule has 0 saturated heterocycles. The summed E-state index contributed by atoms with van der Waals surface area (Å²) in [4.78, 5) is 0. The summed E-state index contributed by atoms with van der Waals surface area (Å²) < 4.78 is 0. The quantitative estimate of drug-likeness (QED) is 0.624. The summed E-state index contributed by atoms with van der Waals surface area (Å²) in [6.07, 6.45) is 2.93. The molecule has 3 heteroatoms. The number of thioether (sulfide) groups is 1. The lowest BCUT2D eigenvalue weighted by Crippen LogP contribution is -2.29. The first-order valence-electron chi connectivity index (χ1n) is 4.41. The Labute approximate surface area is 80.1 Å². The fraction of sp³-hybridized carbons (Fsp3) is 1.00. The monoisotopic (exact) mass is 191 g/mol. The van der Waals surface area contributed by atoms with Crippen molar-refractivity contribution in [1.29, 1.82) is 0 Å². The number of rotatable bonds is 6. The van der Waals surface area contributed by atoms with Gasteiger partial charge in [0.15, 0.2) is 0 Å². The second-order valence-corrected chi connectivity index (χ2v) is 5.09. The normalized spacial score (nSPS) is 14.8. The van der Waals surface area contributed by atoms with Crippen molar-refractivity contribution >= 4 is 11.8 Å². The molecule has 0 aromatic heterocycles. The SMILES string of the molecule is CSC(C)CNCCC(C)(C)O. The highest BCUT2D eigenvalue weighted by molar-refractivity contribution is 7.99. The Morgan fingerprint density at radius 3 is 2.50 bits per heavy atom. The predicted octanol–water partition coefficient (Wildman–Crippen LogP) is 1.49. The van der Waals surface area contributed by atoms with Crippen LogP contribution in [0.3, 0.4) is 0 Å². The van der Waals surface area contributed by atoms with Gasteiger partial charge in [0.25, 0.3) is 0 Å². The second kappa shape index (κ2) is 5.84. The van der Waals surface area contributed by atoms with Crippen LogP contribution in [0.25, 0.3) is 0 Å². The molecule has 0 aliphatic rings. The van der Waals surface area contributed by atoms with E-state index in [1.165, 1.54) is 0 Å². The van der Waals surface area contributed by atoms with Crippen LogP contribution < -0.4 is 5.32 Å². The van der Waals surface area contributed by atoms with Gasteiger partial charge in [-0.05, 0) is 33.1 Å². The average molecular weight is 191 g/mol. The van der Waals surface area contributed by atoms with Gasteiger partial charge in [-0.3, -0.25) is 0 Å². The number of hydrogen-bond donors (Lipinski definition) is 2. The second-order valence-electron chi connectivity index (χ2n) is 3.81. The van der Waals surface area contributed by atoms with E-state index in [0.717, 1.165) is 19.5 Å². The van der Waals surface area contributed by atoms with Crippen LogP contribution >= 0.6 is 11.8 Å². The molecule has 1 unspecified atom stereocenters. The molecular formula is C9H21NOS. The van der Waals surface area contributed by atoms with Crippen molar-refractivity contribution in [3.63, 3.8) is 0 Å². The van der Waals surface area contributed by atoms with Crippen molar-refractivity contribution in [2.45, 2.75) is 38.0 Å². The van der Waals surface area contributed by atoms with Gasteiger partial charge >= 0.3 is 0 Å². The van der Waals surface area contributed by atoms with Crippen LogP contribution in [0.4, 0.5) is 0 Å². The average Bonchev–Trinajstić information content (AvgIpc) is 1.96. The van der Waals surface area contributed by atoms with Gasteiger partial charge in [0.1, 0.15) is 0 Å². The van der Waals surface area contributed by atoms with E-state index in [1.807, 2.05) is 25.6 Å². The van der Waals surface area contributed by atoms with E-state index in [1.54, 1.807) is 0 Å². The van der Waals surface area contributed by atoms with Gasteiger partial charge in [0, 0.05) is 11.8 Å². The van der Waals surface area contributed by atoms with Crippen LogP contribution in [0.5, 0.6) is 0 Å². The summed E-state index contributed by atoms with van der Waals surface area (Å²) in [7, 11) is 0. The molecule has 0 radical (unpaired) electrons. The topological polar surface area (TPSA) is 32.3 Å². The Morgan fingerprint density at radius 2 is 2.08 bits per heavy atom. The maximum atomic E-state index is 9.39. The molecular weight excluding hydrogens is 170 g/mol. The van der Waals surface area contributed by atoms with E-state index in [4.69, 9.17) is 0 Å². The fourth-order valence-corrected chi connectivity index (χ4v) is 1.07. The molecule has 2 nitrogen and oxygen atoms in total. The van der Waals surface area contributed by atoms with Crippen LogP contribution in [0, 0.1) is 0 Å². The summed E-state index contributed by atoms with van der Waals surface area (Å²) in [5.74, 6) is 0. The van der Waals surface area contributed by atoms with Crippen LogP contribution in [-0.2, 0) is 0 Å². The standard InChI is InChI=1S/C9H21NOS/c1-8(12-4)7-10-6-5-9(2,3)11/h8,10-11H,5-7H2,1-4H3. The molecule has 0 aliphatic carbocycles. The van der Waals surface area contributed by atoms with Gasteiger partial charge in [0.05, 0.1) is 5.60 Å². The lowest BCUT2D eigenvalue weighted by Gasteiger charge is -2.17. The number of hydrogen-bond acceptors (Lipinski definition) is 3. The third-order valence-corrected chi connectivity index (χ3v) is 2.72. The van der Waals surface area contributed by atoms with Gasteiger partial charge < -0.3 is 10.4 Å². The van der Waals surface area contributed by atoms with Crippen LogP contribution in [0.1, 0.15) is 27.2 Å². The van der Waals surface area contributed by atoms with E-state index < -0.39 is 5.60 Å². The first-order valence-corrected chi connectivity index (χ1v) is 5.70. The van der Waals surface area contributed by atoms with Crippen LogP contribution in [0.2, 0.25) is 0 Å². The largest absolute Gasteiger partial charge is 0.390 e. The molecule has 12 heavy (non-hydrogen) atoms. The maximum absolute atomic E-state index is 9.39. The molecule has 0 saturated carbocycles. The molecule has 1 atom stereocenters. The smallest absolute Gasteiger partial charge is 0.0603 e. The third-order valence-electron chi connectivity index (χ3n) is 1.75. The Hall–Kier alpha value is 0.270. The molecule has 0 aromatic rings. The zero-order chi connectivity index (χ0) is 9.61. The van der Waals surface area contributed by atoms with Crippen molar-refractivity contribution in [2.75, 3.05) is 19.3 Å². The van der Waals surface area contributed by atoms with E-state index >= 15 is 0 Å². The van der Waals surface area contributed by atoms with Crippen molar-refractivity contribution < 1.29 is 5.11 Å². The van der Waals surface area contributed by atoms with Gasteiger partial charge in [-0.2, -0.15) is 11.8 Å². The Kier molecular flexibility index (Phi) is 5.97. The van der Waals surface area contributed by atoms with Gasteiger partial charge in [-0.25, -0.2) is 0 Å². The lowest BCUT2D eigenvalue weighted by molar-refractivity contribution is 0.0713. The minimum Gasteiger partial charge on any atom is -0.390 e. The molecule has 74 valence electrons. The molecule has 0 spiro atoms. The first-order chi connectivity index (χ1) is 5.45. The van der Waals surface area contributed by atoms with Crippen molar-refractivity contribution in [3.05, 3.63) is 0 Å². The number of aliphatic hydroxyl groups is 1. The van der Waals surface area contributed by atoms with Crippen LogP contribution in [-0.4, -0.2) is 35.3 Å². The van der Waals surface area contributed by atoms with Crippen molar-refractivity contribution in [3.8, 4) is 0 Å². The Balaban J connectivity index is 3.22. The highest BCUT2D eigenvalue weighted by Gasteiger charge is 2.11. The van der Waals surface area contributed by atoms with Crippen molar-refractivity contribution in [1.82, 2.24) is 5.32 Å². The molecule has 0 aliphatic heterocycles. The highest BCUT2D eigenvalue weighted by Crippen LogP contribution is 2.06. The molecule has 2 N–H and O–H groups in total. The van der Waals surface area contributed by atoms with E-state index in [2.05, 4.69) is 18.5 Å². The molecule has 0 fully saturated rings. The molecule has 0 heterocycles. The summed E-state index contributed by atoms with van der Waals surface area (Å²) in [6.45, 7) is 7.80. The zero-order valence-corrected chi connectivity index (χ0v) is 9.37. The van der Waals surface area contributed by atoms with Gasteiger partial charge in [0.2, 0.25) is 0 Å². The molecule has 0 bridgehead atoms. The molecule has 0 rings (SSSR count). The summed E-state index contributed by atoms with van der Waals surface area (Å²) in [5, 5.41) is 13.4. The van der Waals surface area contributed by atoms with Crippen molar-refractivity contribution in [2.24, 2.45) is 0 Å². The minimum atomic E-state index is -0.532. The van der Waals surface area contributed by atoms with E-state index in [-0.39, 0.29) is 0 Å². The first kappa shape index (κ1) is 12.3. The maximum Gasteiger partial charge on any atom is 0.0603 e. The Morgan fingerprint density at radius 1 is 1.50 bits per heavy atom. The zero-order valence-electron chi connectivity index (χ0n) is 8.55. The summed E-state index contributed by atoms with van der Waals surface area (Å²) >= 11 is 1.86. The minimum absolute atomic E-state index is 0.532. The number of nitrogens with one attached hydrogen (secondary N) is 1. The highest BCUT2D eigenvalue weighted by atomic mass is 32.2. The summed E-state index contributed by atoms with van der Waals surface area (Å²) in [5.41, 5.74) is -0.532. The lowest BCUT2D eigenvalue weighted by atomic mass is 10.1. The summed E-state index contributed by atoms with van der Waals surface area (Å²) in [6, 6.07) is 0. The fourth-order valence-electron chi connectivity index (χ4n) is 0.783. The molecule has 0 aromatic carbocycles. The third kappa shape index (κ3) is 8.37.